The van der Waals surface area contributed by atoms with Crippen LogP contribution in [0, 0.1) is 30.6 Å². The average molecular weight is 843 g/mol. The molecule has 0 spiro atoms. The number of likely N-dealkylation sites (N-methyl/N-ethyl adjacent to an activating group) is 2. The zero-order valence-corrected chi connectivity index (χ0v) is 35.9. The summed E-state index contributed by atoms with van der Waals surface area (Å²) in [6.07, 6.45) is 3.47. The smallest absolute Gasteiger partial charge is 0.307 e. The Bertz CT molecular complexity index is 2730. The third kappa shape index (κ3) is 7.04. The topological polar surface area (TPSA) is 225 Å². The van der Waals surface area contributed by atoms with E-state index in [2.05, 4.69) is 5.32 Å². The molecule has 0 saturated carbocycles. The predicted molar refractivity (Wildman–Crippen MR) is 232 cm³/mol. The van der Waals surface area contributed by atoms with Crippen LogP contribution in [0.2, 0.25) is 0 Å². The maximum Gasteiger partial charge on any atom is 0.307 e. The van der Waals surface area contributed by atoms with Crippen molar-refractivity contribution in [2.75, 3.05) is 49.4 Å². The number of ether oxygens (including phenoxy) is 3. The quantitative estimate of drug-likeness (QED) is 0.118. The van der Waals surface area contributed by atoms with Crippen LogP contribution in [0.4, 0.5) is 17.1 Å². The minimum atomic E-state index is -1.95. The molecule has 0 saturated heterocycles. The van der Waals surface area contributed by atoms with E-state index in [1.807, 2.05) is 23.9 Å². The van der Waals surface area contributed by atoms with E-state index in [1.54, 1.807) is 39.8 Å². The number of carbonyl (C=O) groups is 1. The van der Waals surface area contributed by atoms with Crippen LogP contribution in [0.5, 0.6) is 11.5 Å². The van der Waals surface area contributed by atoms with Crippen LogP contribution in [-0.2, 0) is 14.3 Å². The van der Waals surface area contributed by atoms with Gasteiger partial charge in [-0.3, -0.25) is 14.4 Å². The van der Waals surface area contributed by atoms with Crippen LogP contribution >= 0.6 is 0 Å². The highest BCUT2D eigenvalue weighted by Gasteiger charge is 2.44. The van der Waals surface area contributed by atoms with Crippen LogP contribution in [0.25, 0.3) is 38.7 Å². The van der Waals surface area contributed by atoms with Gasteiger partial charge in [-0.2, -0.15) is 0 Å². The lowest BCUT2D eigenvalue weighted by atomic mass is 9.78. The number of hydrogen-bond donors (Lipinski definition) is 6. The Labute approximate surface area is 351 Å². The molecule has 4 aromatic rings. The van der Waals surface area contributed by atoms with Crippen molar-refractivity contribution < 1.29 is 49.0 Å². The fraction of sp³-hybridized carbons (Fsp3) is 0.467. The van der Waals surface area contributed by atoms with Crippen molar-refractivity contribution in [3.05, 3.63) is 73.4 Å². The second-order valence-corrected chi connectivity index (χ2v) is 16.9. The maximum absolute atomic E-state index is 14.8. The monoisotopic (exact) mass is 842 g/mol. The molecule has 61 heavy (non-hydrogen) atoms. The van der Waals surface area contributed by atoms with Crippen LogP contribution < -0.4 is 35.9 Å². The lowest BCUT2D eigenvalue weighted by Crippen LogP contribution is -2.44. The molecule has 1 amide bonds. The van der Waals surface area contributed by atoms with Gasteiger partial charge in [0.1, 0.15) is 28.4 Å². The molecule has 0 unspecified atom stereocenters. The number of phenolic OH excluding ortho intramolecular Hbond substituents is 1. The van der Waals surface area contributed by atoms with Gasteiger partial charge in [0.2, 0.25) is 10.9 Å². The lowest BCUT2D eigenvalue weighted by molar-refractivity contribution is -0.112. The third-order valence-electron chi connectivity index (χ3n) is 12.9. The van der Waals surface area contributed by atoms with E-state index in [4.69, 9.17) is 23.6 Å². The molecule has 0 fully saturated rings. The van der Waals surface area contributed by atoms with Gasteiger partial charge in [0.25, 0.3) is 5.91 Å². The van der Waals surface area contributed by atoms with Crippen LogP contribution in [0.1, 0.15) is 47.1 Å². The fourth-order valence-electron chi connectivity index (χ4n) is 8.72. The highest BCUT2D eigenvalue weighted by molar-refractivity contribution is 6.17. The number of benzene rings is 3. The van der Waals surface area contributed by atoms with Crippen molar-refractivity contribution in [1.82, 2.24) is 4.98 Å². The molecule has 6 N–H and O–H groups in total. The molecular formula is C45H54N4O12. The van der Waals surface area contributed by atoms with Gasteiger partial charge in [0.05, 0.1) is 47.0 Å². The van der Waals surface area contributed by atoms with E-state index in [-0.39, 0.29) is 60.8 Å². The summed E-state index contributed by atoms with van der Waals surface area (Å²) in [5, 5.41) is 60.1. The number of aliphatic hydroxyl groups is 4. The Morgan fingerprint density at radius 1 is 0.885 bits per heavy atom. The molecule has 4 heterocycles. The van der Waals surface area contributed by atoms with Gasteiger partial charge in [-0.05, 0) is 19.9 Å². The van der Waals surface area contributed by atoms with Crippen molar-refractivity contribution in [2.24, 2.45) is 23.7 Å². The molecule has 9 atom stereocenters. The van der Waals surface area contributed by atoms with Gasteiger partial charge < -0.3 is 59.3 Å². The minimum Gasteiger partial charge on any atom is -0.507 e. The molecular weight excluding hydrogens is 789 g/mol. The number of fused-ring (bicyclic) bond motifs is 4. The van der Waals surface area contributed by atoms with Gasteiger partial charge in [-0.25, -0.2) is 4.98 Å². The summed E-state index contributed by atoms with van der Waals surface area (Å²) < 4.78 is 24.6. The zero-order chi connectivity index (χ0) is 44.6. The van der Waals surface area contributed by atoms with Crippen LogP contribution in [0.3, 0.4) is 0 Å². The Kier molecular flexibility index (Phi) is 11.4. The van der Waals surface area contributed by atoms with Gasteiger partial charge in [0.15, 0.2) is 22.4 Å². The first-order chi connectivity index (χ1) is 28.7. The Morgan fingerprint density at radius 3 is 2.23 bits per heavy atom. The largest absolute Gasteiger partial charge is 0.507 e. The van der Waals surface area contributed by atoms with Crippen molar-refractivity contribution >= 4 is 61.7 Å². The molecule has 16 nitrogen and oxygen atoms in total. The van der Waals surface area contributed by atoms with Gasteiger partial charge in [-0.1, -0.05) is 45.9 Å². The standard InChI is InChI=1S/C45H54N4O12/c1-19-12-11-13-20(2)44(57)47-33-39(55)29-28(32-41(33)60-42-31(46-32)26(50)18-25-34(42)49(9)16-15-48(25)8)30-40(24(6)38(29)54)61-45(7,43(30)56)59-17-14-27(58-10)21(3)36(52)23(5)37(53)22(4)35(19)51/h11-14,17-19,21-23,27,35-37,51-54,56H,15-16H2,1-10H3,(H,47,57)/b12-11+,17-14+,20-13-/t19-,21+,22+,23+,27-,35-,36+,37-,45-/m0/s1. The fourth-order valence-corrected chi connectivity index (χ4v) is 8.72. The number of aromatic hydroxyl groups is 1. The van der Waals surface area contributed by atoms with Crippen molar-refractivity contribution in [2.45, 2.75) is 78.7 Å². The Balaban J connectivity index is 1.54. The number of aromatic nitrogens is 1. The van der Waals surface area contributed by atoms with E-state index in [1.165, 1.54) is 52.4 Å². The number of amides is 1. The number of anilines is 3. The summed E-state index contributed by atoms with van der Waals surface area (Å²) in [5.41, 5.74) is -0.790. The summed E-state index contributed by atoms with van der Waals surface area (Å²) in [5.74, 6) is -6.21. The molecule has 4 bridgehead atoms. The summed E-state index contributed by atoms with van der Waals surface area (Å²) in [4.78, 5) is 51.2. The number of aliphatic hydroxyl groups excluding tert-OH is 4. The minimum absolute atomic E-state index is 0.0385. The van der Waals surface area contributed by atoms with Crippen molar-refractivity contribution in [1.29, 1.82) is 0 Å². The number of allylic oxidation sites excluding steroid dienone is 2. The Morgan fingerprint density at radius 2 is 1.54 bits per heavy atom. The Hall–Kier alpha value is -5.68. The third-order valence-corrected chi connectivity index (χ3v) is 12.9. The van der Waals surface area contributed by atoms with E-state index >= 15 is 0 Å². The first kappa shape index (κ1) is 43.4. The first-order valence-electron chi connectivity index (χ1n) is 20.3. The molecule has 0 aliphatic carbocycles. The van der Waals surface area contributed by atoms with Gasteiger partial charge in [0, 0.05) is 87.5 Å². The van der Waals surface area contributed by atoms with Crippen molar-refractivity contribution in [3.8, 4) is 11.5 Å². The van der Waals surface area contributed by atoms with E-state index in [0.29, 0.717) is 24.5 Å². The number of hydrogen-bond acceptors (Lipinski definition) is 15. The van der Waals surface area contributed by atoms with Gasteiger partial charge >= 0.3 is 5.79 Å². The number of nitrogens with one attached hydrogen (secondary N) is 1. The molecule has 3 aromatic carbocycles. The van der Waals surface area contributed by atoms with E-state index in [0.717, 1.165) is 0 Å². The summed E-state index contributed by atoms with van der Waals surface area (Å²) >= 11 is 0. The molecule has 3 aliphatic heterocycles. The molecule has 3 aliphatic rings. The molecule has 1 aromatic heterocycles. The number of carbonyl (C=O) groups excluding carboxylic acids is 1. The summed E-state index contributed by atoms with van der Waals surface area (Å²) in [6, 6.07) is 1.45. The van der Waals surface area contributed by atoms with E-state index < -0.39 is 82.1 Å². The highest BCUT2D eigenvalue weighted by atomic mass is 16.7. The molecule has 326 valence electrons. The zero-order valence-electron chi connectivity index (χ0n) is 35.9. The van der Waals surface area contributed by atoms with E-state index in [9.17, 15) is 39.9 Å². The number of nitrogens with zero attached hydrogens (tertiary/aromatic N) is 3. The van der Waals surface area contributed by atoms with Gasteiger partial charge in [-0.15, -0.1) is 0 Å². The summed E-state index contributed by atoms with van der Waals surface area (Å²) in [7, 11) is 5.12. The molecule has 16 heteroatoms. The molecule has 7 rings (SSSR count). The van der Waals surface area contributed by atoms with Crippen molar-refractivity contribution in [3.63, 3.8) is 0 Å². The second-order valence-electron chi connectivity index (χ2n) is 16.9. The first-order valence-corrected chi connectivity index (χ1v) is 20.3. The SMILES string of the molecule is CO[C@H]1/C=C/O[C@@]2(C)Oc3c(C)c(O)c4c(=O)c(c5oc6c7c(cc(=O)c6nc5c4c3=C2O)N(C)CCN7C)NC(=O)/C(C)=C\C=C\[C@H](C)[C@H](O)[C@@H](C)[C@H](O)[C@H](C)[C@H](O)[C@@H]1C. The maximum atomic E-state index is 14.8. The molecule has 0 radical (unpaired) electrons. The normalized spacial score (nSPS) is 30.9. The average Bonchev–Trinajstić information content (AvgIpc) is 3.50. The number of rotatable bonds is 1. The number of phenols is 1. The lowest BCUT2D eigenvalue weighted by Gasteiger charge is -2.36. The van der Waals surface area contributed by atoms with Crippen LogP contribution in [-0.4, -0.2) is 101 Å². The second kappa shape index (κ2) is 16.0. The van der Waals surface area contributed by atoms with Crippen LogP contribution in [0.15, 0.2) is 56.2 Å². The number of methoxy groups -OCH3 is 1. The highest BCUT2D eigenvalue weighted by Crippen LogP contribution is 2.44. The predicted octanol–water partition coefficient (Wildman–Crippen LogP) is 3.88. The summed E-state index contributed by atoms with van der Waals surface area (Å²) in [6.45, 7) is 12.5.